The molecule has 30 heavy (non-hydrogen) atoms. The van der Waals surface area contributed by atoms with Crippen molar-refractivity contribution in [3.8, 4) is 0 Å². The minimum Gasteiger partial charge on any atom is -0.458 e. The molecule has 0 unspecified atom stereocenters. The first-order valence-corrected chi connectivity index (χ1v) is 10.8. The Morgan fingerprint density at radius 1 is 1.20 bits per heavy atom. The number of esters is 1. The smallest absolute Gasteiger partial charge is 0.330 e. The quantitative estimate of drug-likeness (QED) is 0.613. The van der Waals surface area contributed by atoms with Gasteiger partial charge in [-0.15, -0.1) is 4.40 Å². The SMILES string of the molecule is Cn1c(COC(=O)[C@H]2CCCN2C2=NS(=O)(=O)c3ccccc32)cc(=O)n(C)c1=O. The van der Waals surface area contributed by atoms with Crippen LogP contribution in [0.1, 0.15) is 24.1 Å². The van der Waals surface area contributed by atoms with E-state index in [9.17, 15) is 22.8 Å². The van der Waals surface area contributed by atoms with Gasteiger partial charge in [-0.2, -0.15) is 8.42 Å². The molecule has 0 amide bonds. The zero-order valence-electron chi connectivity index (χ0n) is 16.4. The van der Waals surface area contributed by atoms with E-state index < -0.39 is 33.3 Å². The van der Waals surface area contributed by atoms with Crippen molar-refractivity contribution in [2.24, 2.45) is 18.5 Å². The standard InChI is InChI=1S/C19H20N4O6S/c1-21-12(10-16(24)22(2)19(21)26)11-29-18(25)14-7-5-9-23(14)17-13-6-3-4-8-15(13)30(27,28)20-17/h3-4,6,8,10,14H,5,7,9,11H2,1-2H3/t14-/m1/s1. The third-order valence-corrected chi connectivity index (χ3v) is 6.72. The van der Waals surface area contributed by atoms with Crippen LogP contribution in [0.15, 0.2) is 49.2 Å². The molecule has 158 valence electrons. The Hall–Kier alpha value is -3.21. The van der Waals surface area contributed by atoms with E-state index in [1.165, 1.54) is 30.8 Å². The molecule has 1 fully saturated rings. The number of carbonyl (C=O) groups excluding carboxylic acids is 1. The molecule has 2 aliphatic rings. The van der Waals surface area contributed by atoms with Crippen LogP contribution in [0.4, 0.5) is 0 Å². The van der Waals surface area contributed by atoms with Crippen molar-refractivity contribution in [3.05, 3.63) is 62.4 Å². The molecule has 1 atom stereocenters. The second-order valence-corrected chi connectivity index (χ2v) is 8.79. The Morgan fingerprint density at radius 3 is 2.70 bits per heavy atom. The van der Waals surface area contributed by atoms with Crippen molar-refractivity contribution < 1.29 is 17.9 Å². The highest BCUT2D eigenvalue weighted by Gasteiger charge is 2.39. The first kappa shape index (κ1) is 20.1. The number of hydrogen-bond donors (Lipinski definition) is 0. The molecule has 1 aromatic carbocycles. The van der Waals surface area contributed by atoms with Crippen molar-refractivity contribution in [1.82, 2.24) is 14.0 Å². The molecular formula is C19H20N4O6S. The zero-order chi connectivity index (χ0) is 21.6. The number of rotatable bonds is 3. The number of benzene rings is 1. The number of nitrogens with zero attached hydrogens (tertiary/aromatic N) is 4. The highest BCUT2D eigenvalue weighted by Crippen LogP contribution is 2.31. The summed E-state index contributed by atoms with van der Waals surface area (Å²) >= 11 is 0. The van der Waals surface area contributed by atoms with Crippen molar-refractivity contribution in [1.29, 1.82) is 0 Å². The van der Waals surface area contributed by atoms with E-state index >= 15 is 0 Å². The Kier molecular flexibility index (Phi) is 4.85. The number of fused-ring (bicyclic) bond motifs is 1. The van der Waals surface area contributed by atoms with Crippen LogP contribution >= 0.6 is 0 Å². The summed E-state index contributed by atoms with van der Waals surface area (Å²) in [6.45, 7) is 0.221. The topological polar surface area (TPSA) is 120 Å². The van der Waals surface area contributed by atoms with Crippen LogP contribution in [-0.2, 0) is 40.3 Å². The summed E-state index contributed by atoms with van der Waals surface area (Å²) in [6.07, 6.45) is 1.15. The van der Waals surface area contributed by atoms with E-state index in [2.05, 4.69) is 4.40 Å². The Morgan fingerprint density at radius 2 is 1.93 bits per heavy atom. The fraction of sp³-hybridized carbons (Fsp3) is 0.368. The molecule has 0 saturated carbocycles. The first-order chi connectivity index (χ1) is 14.2. The normalized spacial score (nSPS) is 19.5. The lowest BCUT2D eigenvalue weighted by molar-refractivity contribution is -0.149. The fourth-order valence-corrected chi connectivity index (χ4v) is 4.94. The molecule has 0 aliphatic carbocycles. The maximum atomic E-state index is 12.8. The van der Waals surface area contributed by atoms with Gasteiger partial charge in [0.15, 0.2) is 5.84 Å². The molecule has 4 rings (SSSR count). The fourth-order valence-electron chi connectivity index (χ4n) is 3.72. The minimum absolute atomic E-state index is 0.120. The summed E-state index contributed by atoms with van der Waals surface area (Å²) in [7, 11) is -0.943. The van der Waals surface area contributed by atoms with E-state index in [1.54, 1.807) is 23.1 Å². The van der Waals surface area contributed by atoms with Crippen LogP contribution in [0.2, 0.25) is 0 Å². The lowest BCUT2D eigenvalue weighted by Crippen LogP contribution is -2.42. The molecule has 2 aliphatic heterocycles. The first-order valence-electron chi connectivity index (χ1n) is 9.34. The van der Waals surface area contributed by atoms with Crippen molar-refractivity contribution in [2.75, 3.05) is 6.54 Å². The molecule has 0 bridgehead atoms. The second kappa shape index (κ2) is 7.24. The molecule has 2 aromatic rings. The van der Waals surface area contributed by atoms with Gasteiger partial charge in [0.2, 0.25) is 0 Å². The van der Waals surface area contributed by atoms with Gasteiger partial charge >= 0.3 is 11.7 Å². The highest BCUT2D eigenvalue weighted by molar-refractivity contribution is 7.90. The van der Waals surface area contributed by atoms with E-state index in [0.717, 1.165) is 4.57 Å². The molecule has 3 heterocycles. The molecule has 11 heteroatoms. The van der Waals surface area contributed by atoms with Crippen LogP contribution in [0, 0.1) is 0 Å². The number of aromatic nitrogens is 2. The van der Waals surface area contributed by atoms with Crippen molar-refractivity contribution >= 4 is 21.8 Å². The van der Waals surface area contributed by atoms with Gasteiger partial charge in [-0.05, 0) is 25.0 Å². The number of amidine groups is 1. The van der Waals surface area contributed by atoms with Gasteiger partial charge in [0.05, 0.1) is 5.69 Å². The van der Waals surface area contributed by atoms with Crippen LogP contribution < -0.4 is 11.2 Å². The van der Waals surface area contributed by atoms with Crippen LogP contribution in [0.25, 0.3) is 0 Å². The van der Waals surface area contributed by atoms with Gasteiger partial charge in [-0.1, -0.05) is 12.1 Å². The Bertz CT molecular complexity index is 1290. The predicted octanol–water partition coefficient (Wildman–Crippen LogP) is -0.259. The summed E-state index contributed by atoms with van der Waals surface area (Å²) in [5, 5.41) is 0. The average Bonchev–Trinajstić information content (AvgIpc) is 3.31. The maximum Gasteiger partial charge on any atom is 0.330 e. The summed E-state index contributed by atoms with van der Waals surface area (Å²) < 4.78 is 36.1. The van der Waals surface area contributed by atoms with Crippen molar-refractivity contribution in [2.45, 2.75) is 30.4 Å². The zero-order valence-corrected chi connectivity index (χ0v) is 17.3. The predicted molar refractivity (Wildman–Crippen MR) is 107 cm³/mol. The summed E-state index contributed by atoms with van der Waals surface area (Å²) in [5.74, 6) is -0.323. The van der Waals surface area contributed by atoms with Crippen molar-refractivity contribution in [3.63, 3.8) is 0 Å². The van der Waals surface area contributed by atoms with Gasteiger partial charge < -0.3 is 9.64 Å². The van der Waals surface area contributed by atoms with Gasteiger partial charge in [0, 0.05) is 32.3 Å². The molecule has 0 N–H and O–H groups in total. The maximum absolute atomic E-state index is 12.8. The number of ether oxygens (including phenoxy) is 1. The highest BCUT2D eigenvalue weighted by atomic mass is 32.2. The van der Waals surface area contributed by atoms with E-state index in [1.807, 2.05) is 0 Å². The molecule has 0 spiro atoms. The monoisotopic (exact) mass is 432 g/mol. The van der Waals surface area contributed by atoms with Gasteiger partial charge in [0.25, 0.3) is 15.6 Å². The van der Waals surface area contributed by atoms with Gasteiger partial charge in [0.1, 0.15) is 17.5 Å². The average molecular weight is 432 g/mol. The lowest BCUT2D eigenvalue weighted by atomic mass is 10.1. The Labute approximate surface area is 172 Å². The van der Waals surface area contributed by atoms with E-state index in [4.69, 9.17) is 4.74 Å². The molecule has 0 radical (unpaired) electrons. The third-order valence-electron chi connectivity index (χ3n) is 5.40. The molecular weight excluding hydrogens is 412 g/mol. The van der Waals surface area contributed by atoms with Gasteiger partial charge in [-0.25, -0.2) is 9.59 Å². The minimum atomic E-state index is -3.80. The second-order valence-electron chi connectivity index (χ2n) is 7.22. The third kappa shape index (κ3) is 3.24. The van der Waals surface area contributed by atoms with Crippen LogP contribution in [0.5, 0.6) is 0 Å². The molecule has 1 saturated heterocycles. The van der Waals surface area contributed by atoms with E-state index in [-0.39, 0.29) is 23.0 Å². The summed E-state index contributed by atoms with van der Waals surface area (Å²) in [5.41, 5.74) is -0.273. The number of sulfonamides is 1. The van der Waals surface area contributed by atoms with E-state index in [0.29, 0.717) is 24.9 Å². The number of hydrogen-bond acceptors (Lipinski definition) is 7. The largest absolute Gasteiger partial charge is 0.458 e. The number of carbonyl (C=O) groups is 1. The lowest BCUT2D eigenvalue weighted by Gasteiger charge is -2.25. The van der Waals surface area contributed by atoms with Gasteiger partial charge in [-0.3, -0.25) is 13.9 Å². The Balaban J connectivity index is 1.56. The molecule has 1 aromatic heterocycles. The molecule has 10 nitrogen and oxygen atoms in total. The summed E-state index contributed by atoms with van der Waals surface area (Å²) in [6, 6.07) is 7.03. The van der Waals surface area contributed by atoms with Crippen LogP contribution in [-0.4, -0.2) is 46.8 Å². The number of likely N-dealkylation sites (tertiary alicyclic amines) is 1. The van der Waals surface area contributed by atoms with Crippen LogP contribution in [0.3, 0.4) is 0 Å². The summed E-state index contributed by atoms with van der Waals surface area (Å²) in [4.78, 5) is 38.4.